The molecule has 0 aliphatic heterocycles. The normalized spacial score (nSPS) is 11.4. The number of hydrogen-bond acceptors (Lipinski definition) is 5. The molecule has 26 heavy (non-hydrogen) atoms. The van der Waals surface area contributed by atoms with E-state index in [1.165, 1.54) is 21.3 Å². The van der Waals surface area contributed by atoms with Gasteiger partial charge in [0.2, 0.25) is 0 Å². The number of amides is 1. The molecule has 0 radical (unpaired) electrons. The van der Waals surface area contributed by atoms with Crippen LogP contribution in [0.4, 0.5) is 0 Å². The fourth-order valence-electron chi connectivity index (χ4n) is 2.60. The number of rotatable bonds is 7. The van der Waals surface area contributed by atoms with Gasteiger partial charge in [0, 0.05) is 0 Å². The number of ether oxygens (including phenoxy) is 3. The maximum absolute atomic E-state index is 12.8. The molecule has 0 spiro atoms. The summed E-state index contributed by atoms with van der Waals surface area (Å²) in [4.78, 5) is 24.6. The van der Waals surface area contributed by atoms with E-state index in [1.54, 1.807) is 18.2 Å². The van der Waals surface area contributed by atoms with E-state index in [2.05, 4.69) is 5.32 Å². The first-order valence-corrected chi connectivity index (χ1v) is 8.15. The van der Waals surface area contributed by atoms with Crippen LogP contribution in [0.5, 0.6) is 11.5 Å². The van der Waals surface area contributed by atoms with E-state index in [4.69, 9.17) is 14.2 Å². The van der Waals surface area contributed by atoms with E-state index in [9.17, 15) is 9.59 Å². The van der Waals surface area contributed by atoms with Crippen molar-refractivity contribution in [1.82, 2.24) is 5.32 Å². The maximum Gasteiger partial charge on any atom is 0.307 e. The summed E-state index contributed by atoms with van der Waals surface area (Å²) in [6, 6.07) is 12.2. The summed E-state index contributed by atoms with van der Waals surface area (Å²) in [6.07, 6.45) is 0.0254. The Bertz CT molecular complexity index is 770. The van der Waals surface area contributed by atoms with E-state index in [-0.39, 0.29) is 12.3 Å². The number of benzene rings is 2. The molecule has 1 amide bonds. The van der Waals surface area contributed by atoms with Gasteiger partial charge >= 0.3 is 5.97 Å². The fraction of sp³-hybridized carbons (Fsp3) is 0.300. The average molecular weight is 357 g/mol. The van der Waals surface area contributed by atoms with Gasteiger partial charge in [-0.3, -0.25) is 9.59 Å². The highest BCUT2D eigenvalue weighted by molar-refractivity contribution is 5.98. The van der Waals surface area contributed by atoms with Crippen molar-refractivity contribution in [3.05, 3.63) is 59.2 Å². The molecule has 138 valence electrons. The van der Waals surface area contributed by atoms with Crippen LogP contribution in [0.2, 0.25) is 0 Å². The SMILES string of the molecule is COC(=O)C[C@H](NC(=O)c1cccc(OC)c1OC)c1ccc(C)cc1. The maximum atomic E-state index is 12.8. The quantitative estimate of drug-likeness (QED) is 0.771. The molecule has 6 heteroatoms. The zero-order chi connectivity index (χ0) is 19.1. The smallest absolute Gasteiger partial charge is 0.307 e. The van der Waals surface area contributed by atoms with Gasteiger partial charge in [-0.05, 0) is 24.6 Å². The van der Waals surface area contributed by atoms with E-state index in [0.29, 0.717) is 17.1 Å². The lowest BCUT2D eigenvalue weighted by molar-refractivity contribution is -0.141. The largest absolute Gasteiger partial charge is 0.493 e. The molecule has 6 nitrogen and oxygen atoms in total. The highest BCUT2D eigenvalue weighted by Gasteiger charge is 2.22. The van der Waals surface area contributed by atoms with Gasteiger partial charge < -0.3 is 19.5 Å². The third kappa shape index (κ3) is 4.53. The number of carbonyl (C=O) groups is 2. The fourth-order valence-corrected chi connectivity index (χ4v) is 2.60. The Kier molecular flexibility index (Phi) is 6.60. The molecular formula is C20H23NO5. The van der Waals surface area contributed by atoms with Crippen LogP contribution in [0.1, 0.15) is 33.9 Å². The Morgan fingerprint density at radius 2 is 1.69 bits per heavy atom. The van der Waals surface area contributed by atoms with Crippen LogP contribution >= 0.6 is 0 Å². The lowest BCUT2D eigenvalue weighted by atomic mass is 10.0. The van der Waals surface area contributed by atoms with Crippen molar-refractivity contribution in [3.63, 3.8) is 0 Å². The van der Waals surface area contributed by atoms with Crippen molar-refractivity contribution in [3.8, 4) is 11.5 Å². The molecule has 0 aliphatic carbocycles. The highest BCUT2D eigenvalue weighted by Crippen LogP contribution is 2.31. The van der Waals surface area contributed by atoms with Gasteiger partial charge in [-0.15, -0.1) is 0 Å². The topological polar surface area (TPSA) is 73.9 Å². The van der Waals surface area contributed by atoms with Crippen LogP contribution in [0.15, 0.2) is 42.5 Å². The molecule has 1 atom stereocenters. The number of esters is 1. The Hall–Kier alpha value is -3.02. The molecule has 0 heterocycles. The van der Waals surface area contributed by atoms with Crippen molar-refractivity contribution in [1.29, 1.82) is 0 Å². The number of carbonyl (C=O) groups excluding carboxylic acids is 2. The molecule has 0 aromatic heterocycles. The van der Waals surface area contributed by atoms with Crippen LogP contribution in [-0.4, -0.2) is 33.2 Å². The number of para-hydroxylation sites is 1. The van der Waals surface area contributed by atoms with Crippen LogP contribution in [0.25, 0.3) is 0 Å². The van der Waals surface area contributed by atoms with Crippen molar-refractivity contribution in [2.24, 2.45) is 0 Å². The van der Waals surface area contributed by atoms with Gasteiger partial charge in [0.15, 0.2) is 11.5 Å². The lowest BCUT2D eigenvalue weighted by Gasteiger charge is -2.20. The molecule has 0 unspecified atom stereocenters. The minimum atomic E-state index is -0.522. The van der Waals surface area contributed by atoms with E-state index in [1.807, 2.05) is 31.2 Å². The number of nitrogens with one attached hydrogen (secondary N) is 1. The van der Waals surface area contributed by atoms with E-state index < -0.39 is 12.0 Å². The molecule has 2 aromatic carbocycles. The first-order chi connectivity index (χ1) is 12.5. The third-order valence-corrected chi connectivity index (χ3v) is 4.03. The van der Waals surface area contributed by atoms with Crippen molar-refractivity contribution in [2.45, 2.75) is 19.4 Å². The number of methoxy groups -OCH3 is 3. The molecule has 1 N–H and O–H groups in total. The summed E-state index contributed by atoms with van der Waals surface area (Å²) in [5, 5.41) is 2.88. The predicted molar refractivity (Wildman–Crippen MR) is 97.6 cm³/mol. The van der Waals surface area contributed by atoms with Crippen LogP contribution in [-0.2, 0) is 9.53 Å². The molecule has 2 aromatic rings. The van der Waals surface area contributed by atoms with Crippen molar-refractivity contribution < 1.29 is 23.8 Å². The summed E-state index contributed by atoms with van der Waals surface area (Å²) in [6.45, 7) is 1.97. The zero-order valence-electron chi connectivity index (χ0n) is 15.4. The second kappa shape index (κ2) is 8.89. The summed E-state index contributed by atoms with van der Waals surface area (Å²) < 4.78 is 15.3. The van der Waals surface area contributed by atoms with Gasteiger partial charge in [0.05, 0.1) is 39.4 Å². The van der Waals surface area contributed by atoms with Gasteiger partial charge in [0.1, 0.15) is 0 Å². The zero-order valence-corrected chi connectivity index (χ0v) is 15.4. The van der Waals surface area contributed by atoms with Crippen LogP contribution in [0, 0.1) is 6.92 Å². The number of aryl methyl sites for hydroxylation is 1. The molecule has 0 bridgehead atoms. The molecule has 0 fully saturated rings. The van der Waals surface area contributed by atoms with Gasteiger partial charge in [-0.25, -0.2) is 0 Å². The lowest BCUT2D eigenvalue weighted by Crippen LogP contribution is -2.30. The summed E-state index contributed by atoms with van der Waals surface area (Å²) >= 11 is 0. The molecule has 0 saturated carbocycles. The second-order valence-corrected chi connectivity index (χ2v) is 5.76. The van der Waals surface area contributed by atoms with Crippen LogP contribution < -0.4 is 14.8 Å². The van der Waals surface area contributed by atoms with E-state index in [0.717, 1.165) is 11.1 Å². The summed E-state index contributed by atoms with van der Waals surface area (Å²) in [7, 11) is 4.30. The Morgan fingerprint density at radius 1 is 1.00 bits per heavy atom. The Morgan fingerprint density at radius 3 is 2.27 bits per heavy atom. The average Bonchev–Trinajstić information content (AvgIpc) is 2.66. The first kappa shape index (κ1) is 19.3. The van der Waals surface area contributed by atoms with E-state index >= 15 is 0 Å². The minimum absolute atomic E-state index is 0.0254. The highest BCUT2D eigenvalue weighted by atomic mass is 16.5. The molecule has 0 saturated heterocycles. The van der Waals surface area contributed by atoms with Crippen molar-refractivity contribution in [2.75, 3.05) is 21.3 Å². The van der Waals surface area contributed by atoms with Gasteiger partial charge in [0.25, 0.3) is 5.91 Å². The van der Waals surface area contributed by atoms with Crippen LogP contribution in [0.3, 0.4) is 0 Å². The summed E-state index contributed by atoms with van der Waals surface area (Å²) in [5.74, 6) is 0.0249. The minimum Gasteiger partial charge on any atom is -0.493 e. The molecular weight excluding hydrogens is 334 g/mol. The Labute approximate surface area is 153 Å². The van der Waals surface area contributed by atoms with Crippen molar-refractivity contribution >= 4 is 11.9 Å². The van der Waals surface area contributed by atoms with Gasteiger partial charge in [-0.1, -0.05) is 35.9 Å². The molecule has 0 aliphatic rings. The second-order valence-electron chi connectivity index (χ2n) is 5.76. The monoisotopic (exact) mass is 357 g/mol. The number of hydrogen-bond donors (Lipinski definition) is 1. The predicted octanol–water partition coefficient (Wildman–Crippen LogP) is 3.05. The summed E-state index contributed by atoms with van der Waals surface area (Å²) in [5.41, 5.74) is 2.23. The standard InChI is InChI=1S/C20H23NO5/c1-13-8-10-14(11-9-13)16(12-18(22)25-3)21-20(23)15-6-5-7-17(24-2)19(15)26-4/h5-11,16H,12H2,1-4H3,(H,21,23)/t16-/m0/s1. The third-order valence-electron chi connectivity index (χ3n) is 4.03. The van der Waals surface area contributed by atoms with Gasteiger partial charge in [-0.2, -0.15) is 0 Å². The Balaban J connectivity index is 2.31. The molecule has 2 rings (SSSR count). The first-order valence-electron chi connectivity index (χ1n) is 8.15.